The van der Waals surface area contributed by atoms with E-state index >= 15 is 0 Å². The first-order valence-electron chi connectivity index (χ1n) is 9.97. The lowest BCUT2D eigenvalue weighted by molar-refractivity contribution is -0.141. The van der Waals surface area contributed by atoms with Gasteiger partial charge in [-0.05, 0) is 29.2 Å². The molecule has 2 aromatic carbocycles. The molecule has 7 nitrogen and oxygen atoms in total. The number of aliphatic carboxylic acids is 1. The van der Waals surface area contributed by atoms with Crippen LogP contribution in [0.5, 0.6) is 0 Å². The molecule has 0 saturated carbocycles. The number of carboxylic acid groups (broad SMARTS) is 1. The van der Waals surface area contributed by atoms with Gasteiger partial charge >= 0.3 is 12.1 Å². The predicted molar refractivity (Wildman–Crippen MR) is 112 cm³/mol. The summed E-state index contributed by atoms with van der Waals surface area (Å²) in [6.45, 7) is 3.46. The van der Waals surface area contributed by atoms with Crippen molar-refractivity contribution in [3.8, 4) is 11.1 Å². The van der Waals surface area contributed by atoms with E-state index < -0.39 is 24.0 Å². The molecule has 0 spiro atoms. The highest BCUT2D eigenvalue weighted by atomic mass is 16.5. The zero-order valence-corrected chi connectivity index (χ0v) is 17.1. The van der Waals surface area contributed by atoms with Crippen LogP contribution in [0, 0.1) is 5.92 Å². The molecule has 7 heteroatoms. The third-order valence-corrected chi connectivity index (χ3v) is 5.23. The summed E-state index contributed by atoms with van der Waals surface area (Å²) < 4.78 is 5.46. The lowest BCUT2D eigenvalue weighted by Gasteiger charge is -2.17. The van der Waals surface area contributed by atoms with Gasteiger partial charge in [0.25, 0.3) is 0 Å². The summed E-state index contributed by atoms with van der Waals surface area (Å²) in [5.41, 5.74) is 4.57. The highest BCUT2D eigenvalue weighted by Gasteiger charge is 2.29. The molecular formula is C23H26N2O5. The summed E-state index contributed by atoms with van der Waals surface area (Å²) in [4.78, 5) is 34.9. The average Bonchev–Trinajstić information content (AvgIpc) is 3.04. The topological polar surface area (TPSA) is 105 Å². The van der Waals surface area contributed by atoms with Crippen LogP contribution >= 0.6 is 0 Å². The van der Waals surface area contributed by atoms with Gasteiger partial charge in [-0.1, -0.05) is 55.5 Å². The van der Waals surface area contributed by atoms with Gasteiger partial charge in [-0.25, -0.2) is 4.79 Å². The maximum Gasteiger partial charge on any atom is 0.407 e. The maximum absolute atomic E-state index is 12.2. The van der Waals surface area contributed by atoms with Crippen LogP contribution < -0.4 is 10.6 Å². The first kappa shape index (κ1) is 21.4. The van der Waals surface area contributed by atoms with Crippen molar-refractivity contribution < 1.29 is 24.2 Å². The summed E-state index contributed by atoms with van der Waals surface area (Å²) >= 11 is 0. The Morgan fingerprint density at radius 1 is 1.00 bits per heavy atom. The van der Waals surface area contributed by atoms with E-state index in [9.17, 15) is 14.4 Å². The van der Waals surface area contributed by atoms with Gasteiger partial charge in [0.2, 0.25) is 5.91 Å². The van der Waals surface area contributed by atoms with E-state index in [1.54, 1.807) is 6.92 Å². The Hall–Kier alpha value is -3.35. The van der Waals surface area contributed by atoms with Crippen molar-refractivity contribution in [2.24, 2.45) is 5.92 Å². The van der Waals surface area contributed by atoms with E-state index in [0.717, 1.165) is 22.3 Å². The van der Waals surface area contributed by atoms with Gasteiger partial charge in [0, 0.05) is 24.9 Å². The number of carbonyl (C=O) groups is 3. The number of rotatable bonds is 8. The van der Waals surface area contributed by atoms with E-state index in [1.165, 1.54) is 6.92 Å². The molecule has 30 heavy (non-hydrogen) atoms. The van der Waals surface area contributed by atoms with Crippen LogP contribution in [0.1, 0.15) is 37.3 Å². The lowest BCUT2D eigenvalue weighted by atomic mass is 9.98. The maximum atomic E-state index is 12.2. The molecule has 1 aliphatic rings. The Bertz CT molecular complexity index is 897. The molecule has 0 aliphatic heterocycles. The summed E-state index contributed by atoms with van der Waals surface area (Å²) in [6.07, 6.45) is -0.549. The van der Waals surface area contributed by atoms with Crippen molar-refractivity contribution in [1.82, 2.24) is 10.6 Å². The second-order valence-electron chi connectivity index (χ2n) is 7.62. The van der Waals surface area contributed by atoms with Gasteiger partial charge in [-0.15, -0.1) is 0 Å². The number of ether oxygens (including phenoxy) is 1. The summed E-state index contributed by atoms with van der Waals surface area (Å²) in [5.74, 6) is -1.99. The van der Waals surface area contributed by atoms with Crippen LogP contribution in [-0.2, 0) is 14.3 Å². The molecule has 0 radical (unpaired) electrons. The van der Waals surface area contributed by atoms with Crippen molar-refractivity contribution in [3.63, 3.8) is 0 Å². The quantitative estimate of drug-likeness (QED) is 0.620. The third kappa shape index (κ3) is 4.97. The Kier molecular flexibility index (Phi) is 6.72. The number of carbonyl (C=O) groups excluding carboxylic acids is 2. The van der Waals surface area contributed by atoms with Crippen LogP contribution in [0.25, 0.3) is 11.1 Å². The molecule has 0 bridgehead atoms. The molecule has 0 heterocycles. The molecule has 0 aromatic heterocycles. The van der Waals surface area contributed by atoms with Gasteiger partial charge < -0.3 is 20.5 Å². The van der Waals surface area contributed by atoms with Crippen molar-refractivity contribution in [2.75, 3.05) is 13.2 Å². The molecule has 2 atom stereocenters. The standard InChI is InChI=1S/C23H26N2O5/c1-14(22(27)28)12-24-21(26)11-15(2)25-23(29)30-13-20-18-9-5-3-7-16(18)17-8-4-6-10-19(17)20/h3-10,14-15,20H,11-13H2,1-2H3,(H,24,26)(H,25,29)(H,27,28)/t14?,15-/m1/s1. The first-order valence-corrected chi connectivity index (χ1v) is 9.97. The Balaban J connectivity index is 1.50. The predicted octanol–water partition coefficient (Wildman–Crippen LogP) is 3.14. The number of hydrogen-bond donors (Lipinski definition) is 3. The third-order valence-electron chi connectivity index (χ3n) is 5.23. The number of benzene rings is 2. The molecule has 2 amide bonds. The number of hydrogen-bond acceptors (Lipinski definition) is 4. The zero-order chi connectivity index (χ0) is 21.7. The van der Waals surface area contributed by atoms with Crippen LogP contribution in [0.4, 0.5) is 4.79 Å². The second-order valence-corrected chi connectivity index (χ2v) is 7.62. The number of alkyl carbamates (subject to hydrolysis) is 1. The largest absolute Gasteiger partial charge is 0.481 e. The van der Waals surface area contributed by atoms with Crippen molar-refractivity contribution in [1.29, 1.82) is 0 Å². The van der Waals surface area contributed by atoms with E-state index in [-0.39, 0.29) is 31.4 Å². The summed E-state index contributed by atoms with van der Waals surface area (Å²) in [6, 6.07) is 15.7. The van der Waals surface area contributed by atoms with Crippen molar-refractivity contribution in [2.45, 2.75) is 32.2 Å². The van der Waals surface area contributed by atoms with E-state index in [0.29, 0.717) is 0 Å². The molecule has 1 aliphatic carbocycles. The number of nitrogens with one attached hydrogen (secondary N) is 2. The average molecular weight is 410 g/mol. The van der Waals surface area contributed by atoms with Crippen LogP contribution in [0.3, 0.4) is 0 Å². The molecule has 0 fully saturated rings. The van der Waals surface area contributed by atoms with Gasteiger partial charge in [0.15, 0.2) is 0 Å². The fourth-order valence-electron chi connectivity index (χ4n) is 3.60. The molecule has 1 unspecified atom stereocenters. The molecule has 0 saturated heterocycles. The minimum absolute atomic E-state index is 0.0285. The SMILES string of the molecule is CC(CNC(=O)C[C@@H](C)NC(=O)OCC1c2ccccc2-c2ccccc21)C(=O)O. The molecular weight excluding hydrogens is 384 g/mol. The molecule has 3 N–H and O–H groups in total. The van der Waals surface area contributed by atoms with Gasteiger partial charge in [0.1, 0.15) is 6.61 Å². The van der Waals surface area contributed by atoms with Gasteiger partial charge in [0.05, 0.1) is 5.92 Å². The van der Waals surface area contributed by atoms with Crippen LogP contribution in [0.15, 0.2) is 48.5 Å². The first-order chi connectivity index (χ1) is 14.4. The van der Waals surface area contributed by atoms with Gasteiger partial charge in [-0.3, -0.25) is 9.59 Å². The zero-order valence-electron chi connectivity index (χ0n) is 17.1. The van der Waals surface area contributed by atoms with Crippen molar-refractivity contribution >= 4 is 18.0 Å². The van der Waals surface area contributed by atoms with Crippen molar-refractivity contribution in [3.05, 3.63) is 59.7 Å². The van der Waals surface area contributed by atoms with Gasteiger partial charge in [-0.2, -0.15) is 0 Å². The fraction of sp³-hybridized carbons (Fsp3) is 0.348. The minimum atomic E-state index is -0.972. The molecule has 2 aromatic rings. The highest BCUT2D eigenvalue weighted by Crippen LogP contribution is 2.44. The summed E-state index contributed by atoms with van der Waals surface area (Å²) in [5, 5.41) is 14.1. The van der Waals surface area contributed by atoms with Crippen LogP contribution in [0.2, 0.25) is 0 Å². The highest BCUT2D eigenvalue weighted by molar-refractivity contribution is 5.80. The number of fused-ring (bicyclic) bond motifs is 3. The van der Waals surface area contributed by atoms with Crippen LogP contribution in [-0.4, -0.2) is 42.3 Å². The molecule has 158 valence electrons. The summed E-state index contributed by atoms with van der Waals surface area (Å²) in [7, 11) is 0. The van der Waals surface area contributed by atoms with E-state index in [1.807, 2.05) is 36.4 Å². The second kappa shape index (κ2) is 9.43. The minimum Gasteiger partial charge on any atom is -0.481 e. The smallest absolute Gasteiger partial charge is 0.407 e. The Labute approximate surface area is 175 Å². The number of carboxylic acids is 1. The van der Waals surface area contributed by atoms with E-state index in [2.05, 4.69) is 22.8 Å². The Morgan fingerprint density at radius 2 is 1.57 bits per heavy atom. The fourth-order valence-corrected chi connectivity index (χ4v) is 3.60. The normalized spacial score (nSPS) is 14.2. The Morgan fingerprint density at radius 3 is 2.13 bits per heavy atom. The number of amides is 2. The molecule has 3 rings (SSSR count). The lowest BCUT2D eigenvalue weighted by Crippen LogP contribution is -2.39. The monoisotopic (exact) mass is 410 g/mol. The van der Waals surface area contributed by atoms with E-state index in [4.69, 9.17) is 9.84 Å².